The van der Waals surface area contributed by atoms with Gasteiger partial charge >= 0.3 is 0 Å². The van der Waals surface area contributed by atoms with E-state index >= 15 is 0 Å². The lowest BCUT2D eigenvalue weighted by Crippen LogP contribution is -2.39. The maximum Gasteiger partial charge on any atom is 0.0243 e. The molecule has 0 aliphatic carbocycles. The Labute approximate surface area is 192 Å². The molecule has 0 saturated carbocycles. The molecule has 0 aromatic heterocycles. The molecular weight excluding hydrogens is 374 g/mol. The molecule has 1 nitrogen and oxygen atoms in total. The number of piperidine rings is 1. The lowest BCUT2D eigenvalue weighted by molar-refractivity contribution is 0.367. The van der Waals surface area contributed by atoms with Gasteiger partial charge in [0.1, 0.15) is 0 Å². The van der Waals surface area contributed by atoms with Crippen molar-refractivity contribution in [3.05, 3.63) is 70.8 Å². The molecule has 1 atom stereocenters. The molecular formula is C30H45N. The van der Waals surface area contributed by atoms with Crippen molar-refractivity contribution >= 4 is 0 Å². The first kappa shape index (κ1) is 24.1. The number of benzene rings is 2. The van der Waals surface area contributed by atoms with Gasteiger partial charge < -0.3 is 5.32 Å². The highest BCUT2D eigenvalue weighted by molar-refractivity contribution is 5.40. The molecule has 0 radical (unpaired) electrons. The van der Waals surface area contributed by atoms with Crippen LogP contribution in [0.15, 0.2) is 48.5 Å². The fraction of sp³-hybridized carbons (Fsp3) is 0.600. The summed E-state index contributed by atoms with van der Waals surface area (Å²) < 4.78 is 0. The van der Waals surface area contributed by atoms with Crippen LogP contribution in [0.5, 0.6) is 0 Å². The summed E-state index contributed by atoms with van der Waals surface area (Å²) in [5.74, 6) is 1.64. The first-order valence-corrected chi connectivity index (χ1v) is 12.5. The number of hydrogen-bond acceptors (Lipinski definition) is 1. The predicted molar refractivity (Wildman–Crippen MR) is 136 cm³/mol. The molecule has 1 saturated heterocycles. The van der Waals surface area contributed by atoms with Crippen molar-refractivity contribution in [2.45, 2.75) is 97.4 Å². The Bertz CT molecular complexity index is 754. The minimum atomic E-state index is 0.196. The molecule has 0 spiro atoms. The van der Waals surface area contributed by atoms with Crippen LogP contribution in [0.3, 0.4) is 0 Å². The van der Waals surface area contributed by atoms with Crippen LogP contribution in [0.25, 0.3) is 0 Å². The van der Waals surface area contributed by atoms with E-state index in [9.17, 15) is 0 Å². The third kappa shape index (κ3) is 5.08. The molecule has 1 aliphatic heterocycles. The molecule has 1 aliphatic rings. The van der Waals surface area contributed by atoms with E-state index in [-0.39, 0.29) is 10.8 Å². The van der Waals surface area contributed by atoms with E-state index in [0.717, 1.165) is 6.54 Å². The predicted octanol–water partition coefficient (Wildman–Crippen LogP) is 7.83. The van der Waals surface area contributed by atoms with E-state index < -0.39 is 0 Å². The maximum absolute atomic E-state index is 3.84. The van der Waals surface area contributed by atoms with E-state index in [0.29, 0.717) is 23.8 Å². The van der Waals surface area contributed by atoms with Gasteiger partial charge in [-0.15, -0.1) is 0 Å². The minimum absolute atomic E-state index is 0.196. The second-order valence-electron chi connectivity index (χ2n) is 11.5. The summed E-state index contributed by atoms with van der Waals surface area (Å²) in [7, 11) is 0. The summed E-state index contributed by atoms with van der Waals surface area (Å²) >= 11 is 0. The number of rotatable bonds is 7. The highest BCUT2D eigenvalue weighted by Gasteiger charge is 2.30. The molecule has 2 aromatic rings. The van der Waals surface area contributed by atoms with Gasteiger partial charge in [0.2, 0.25) is 0 Å². The summed E-state index contributed by atoms with van der Waals surface area (Å²) in [5, 5.41) is 3.84. The average Bonchev–Trinajstić information content (AvgIpc) is 2.75. The second-order valence-corrected chi connectivity index (χ2v) is 11.5. The zero-order valence-electron chi connectivity index (χ0n) is 21.3. The number of hydrogen-bond donors (Lipinski definition) is 1. The van der Waals surface area contributed by atoms with Crippen LogP contribution >= 0.6 is 0 Å². The molecule has 1 heterocycles. The van der Waals surface area contributed by atoms with Gasteiger partial charge in [0, 0.05) is 12.0 Å². The van der Waals surface area contributed by atoms with E-state index in [4.69, 9.17) is 0 Å². The normalized spacial score (nSPS) is 18.2. The monoisotopic (exact) mass is 419 g/mol. The van der Waals surface area contributed by atoms with E-state index in [1.807, 2.05) is 0 Å². The topological polar surface area (TPSA) is 12.0 Å². The molecule has 1 heteroatoms. The first-order chi connectivity index (χ1) is 14.5. The zero-order chi connectivity index (χ0) is 22.8. The highest BCUT2D eigenvalue weighted by atomic mass is 14.9. The standard InChI is InChI=1S/C30H45N/c1-21(2)29(5,6)25-16-12-23(13-17-25)28(27-11-9-10-20-31-27)24-14-18-26(19-15-24)30(7,8)22(3)4/h12-19,21-22,27-28,31H,9-11,20H2,1-8H3/t27-/m0/s1. The van der Waals surface area contributed by atoms with Crippen molar-refractivity contribution in [1.82, 2.24) is 5.32 Å². The summed E-state index contributed by atoms with van der Waals surface area (Å²) in [4.78, 5) is 0. The minimum Gasteiger partial charge on any atom is -0.313 e. The highest BCUT2D eigenvalue weighted by Crippen LogP contribution is 2.37. The Balaban J connectivity index is 1.96. The fourth-order valence-corrected chi connectivity index (χ4v) is 4.73. The average molecular weight is 420 g/mol. The van der Waals surface area contributed by atoms with Crippen LogP contribution in [-0.2, 0) is 10.8 Å². The molecule has 170 valence electrons. The maximum atomic E-state index is 3.84. The fourth-order valence-electron chi connectivity index (χ4n) is 4.73. The van der Waals surface area contributed by atoms with Crippen molar-refractivity contribution < 1.29 is 0 Å². The van der Waals surface area contributed by atoms with Gasteiger partial charge in [0.15, 0.2) is 0 Å². The second kappa shape index (κ2) is 9.49. The Morgan fingerprint density at radius 1 is 0.677 bits per heavy atom. The molecule has 2 aromatic carbocycles. The van der Waals surface area contributed by atoms with Gasteiger partial charge in [-0.25, -0.2) is 0 Å². The zero-order valence-corrected chi connectivity index (χ0v) is 21.3. The van der Waals surface area contributed by atoms with Crippen LogP contribution in [0.4, 0.5) is 0 Å². The molecule has 0 bridgehead atoms. The van der Waals surface area contributed by atoms with E-state index in [1.165, 1.54) is 41.5 Å². The smallest absolute Gasteiger partial charge is 0.0243 e. The number of nitrogens with one attached hydrogen (secondary N) is 1. The summed E-state index contributed by atoms with van der Waals surface area (Å²) in [6.07, 6.45) is 3.88. The largest absolute Gasteiger partial charge is 0.313 e. The van der Waals surface area contributed by atoms with Gasteiger partial charge in [0.05, 0.1) is 0 Å². The summed E-state index contributed by atoms with van der Waals surface area (Å²) in [5.41, 5.74) is 6.16. The van der Waals surface area contributed by atoms with Gasteiger partial charge in [-0.3, -0.25) is 0 Å². The van der Waals surface area contributed by atoms with Gasteiger partial charge in [-0.1, -0.05) is 110 Å². The molecule has 1 fully saturated rings. The molecule has 0 unspecified atom stereocenters. The molecule has 31 heavy (non-hydrogen) atoms. The van der Waals surface area contributed by atoms with Crippen LogP contribution in [0, 0.1) is 11.8 Å². The lowest BCUT2D eigenvalue weighted by atomic mass is 9.73. The Morgan fingerprint density at radius 3 is 1.42 bits per heavy atom. The van der Waals surface area contributed by atoms with Crippen molar-refractivity contribution in [2.75, 3.05) is 6.54 Å². The Hall–Kier alpha value is -1.60. The molecule has 1 N–H and O–H groups in total. The van der Waals surface area contributed by atoms with Crippen LogP contribution in [0.2, 0.25) is 0 Å². The van der Waals surface area contributed by atoms with Crippen molar-refractivity contribution in [3.63, 3.8) is 0 Å². The SMILES string of the molecule is CC(C)C(C)(C)c1ccc(C(c2ccc(C(C)(C)C(C)C)cc2)[C@@H]2CCCCN2)cc1. The van der Waals surface area contributed by atoms with Crippen LogP contribution in [0.1, 0.15) is 103 Å². The van der Waals surface area contributed by atoms with Crippen molar-refractivity contribution in [1.29, 1.82) is 0 Å². The van der Waals surface area contributed by atoms with E-state index in [1.54, 1.807) is 0 Å². The lowest BCUT2D eigenvalue weighted by Gasteiger charge is -2.34. The van der Waals surface area contributed by atoms with Crippen LogP contribution < -0.4 is 5.32 Å². The third-order valence-corrected chi connectivity index (χ3v) is 8.67. The van der Waals surface area contributed by atoms with Crippen molar-refractivity contribution in [3.8, 4) is 0 Å². The Kier molecular flexibility index (Phi) is 7.36. The molecule has 0 amide bonds. The quantitative estimate of drug-likeness (QED) is 0.482. The van der Waals surface area contributed by atoms with Crippen molar-refractivity contribution in [2.24, 2.45) is 11.8 Å². The van der Waals surface area contributed by atoms with Gasteiger partial charge in [-0.05, 0) is 64.3 Å². The first-order valence-electron chi connectivity index (χ1n) is 12.5. The Morgan fingerprint density at radius 2 is 1.10 bits per heavy atom. The summed E-state index contributed by atoms with van der Waals surface area (Å²) in [6.45, 7) is 19.9. The molecule has 3 rings (SSSR count). The van der Waals surface area contributed by atoms with Gasteiger partial charge in [0.25, 0.3) is 0 Å². The summed E-state index contributed by atoms with van der Waals surface area (Å²) in [6, 6.07) is 19.6. The van der Waals surface area contributed by atoms with E-state index in [2.05, 4.69) is 109 Å². The van der Waals surface area contributed by atoms with Crippen LogP contribution in [-0.4, -0.2) is 12.6 Å². The third-order valence-electron chi connectivity index (χ3n) is 8.67. The van der Waals surface area contributed by atoms with Gasteiger partial charge in [-0.2, -0.15) is 0 Å².